The van der Waals surface area contributed by atoms with Crippen LogP contribution in [0.5, 0.6) is 5.75 Å². The first-order chi connectivity index (χ1) is 8.59. The molecule has 1 aromatic carbocycles. The van der Waals surface area contributed by atoms with Crippen LogP contribution in [0.15, 0.2) is 29.6 Å². The summed E-state index contributed by atoms with van der Waals surface area (Å²) < 4.78 is 18.6. The Morgan fingerprint density at radius 1 is 1.44 bits per heavy atom. The topological polar surface area (TPSA) is 72.5 Å². The van der Waals surface area contributed by atoms with E-state index in [9.17, 15) is 9.18 Å². The molecule has 94 valence electrons. The van der Waals surface area contributed by atoms with E-state index in [0.29, 0.717) is 0 Å². The number of hydrogen-bond acceptors (Lipinski definition) is 4. The predicted molar refractivity (Wildman–Crippen MR) is 66.4 cm³/mol. The SMILES string of the molecule is Nc1c(F)ccc(OCc2cccs2)c1C(=O)O. The molecule has 18 heavy (non-hydrogen) atoms. The number of rotatable bonds is 4. The predicted octanol–water partition coefficient (Wildman–Crippen LogP) is 2.75. The van der Waals surface area contributed by atoms with E-state index < -0.39 is 17.5 Å². The molecule has 0 spiro atoms. The lowest BCUT2D eigenvalue weighted by atomic mass is 10.1. The minimum absolute atomic E-state index is 0.0646. The van der Waals surface area contributed by atoms with Crippen LogP contribution in [0.4, 0.5) is 10.1 Å². The highest BCUT2D eigenvalue weighted by Gasteiger charge is 2.18. The van der Waals surface area contributed by atoms with Gasteiger partial charge in [0.2, 0.25) is 0 Å². The average molecular weight is 267 g/mol. The summed E-state index contributed by atoms with van der Waals surface area (Å²) in [5.41, 5.74) is 4.65. The molecule has 0 amide bonds. The van der Waals surface area contributed by atoms with E-state index >= 15 is 0 Å². The molecule has 0 radical (unpaired) electrons. The van der Waals surface area contributed by atoms with Gasteiger partial charge in [0, 0.05) is 4.88 Å². The van der Waals surface area contributed by atoms with Gasteiger partial charge in [0.05, 0.1) is 5.69 Å². The summed E-state index contributed by atoms with van der Waals surface area (Å²) in [7, 11) is 0. The van der Waals surface area contributed by atoms with Gasteiger partial charge in [-0.3, -0.25) is 0 Å². The molecule has 0 fully saturated rings. The van der Waals surface area contributed by atoms with Crippen molar-refractivity contribution in [2.45, 2.75) is 6.61 Å². The van der Waals surface area contributed by atoms with Crippen molar-refractivity contribution >= 4 is 23.0 Å². The lowest BCUT2D eigenvalue weighted by molar-refractivity contribution is 0.0692. The standard InChI is InChI=1S/C12H10FNO3S/c13-8-3-4-9(10(11(8)14)12(15)16)17-6-7-2-1-5-18-7/h1-5H,6,14H2,(H,15,16). The fourth-order valence-electron chi connectivity index (χ4n) is 1.46. The summed E-state index contributed by atoms with van der Waals surface area (Å²) in [6.07, 6.45) is 0. The fraction of sp³-hybridized carbons (Fsp3) is 0.0833. The van der Waals surface area contributed by atoms with Gasteiger partial charge in [0.25, 0.3) is 0 Å². The summed E-state index contributed by atoms with van der Waals surface area (Å²) in [5, 5.41) is 10.9. The lowest BCUT2D eigenvalue weighted by Gasteiger charge is -2.10. The van der Waals surface area contributed by atoms with Crippen LogP contribution in [0.25, 0.3) is 0 Å². The van der Waals surface area contributed by atoms with Crippen LogP contribution in [0.2, 0.25) is 0 Å². The van der Waals surface area contributed by atoms with Gasteiger partial charge in [-0.25, -0.2) is 9.18 Å². The van der Waals surface area contributed by atoms with Crippen LogP contribution in [0, 0.1) is 5.82 Å². The van der Waals surface area contributed by atoms with Gasteiger partial charge in [0.1, 0.15) is 23.7 Å². The Morgan fingerprint density at radius 3 is 2.83 bits per heavy atom. The summed E-state index contributed by atoms with van der Waals surface area (Å²) in [5.74, 6) is -2.01. The first-order valence-electron chi connectivity index (χ1n) is 5.06. The highest BCUT2D eigenvalue weighted by Crippen LogP contribution is 2.28. The number of thiophene rings is 1. The van der Waals surface area contributed by atoms with E-state index in [1.165, 1.54) is 17.4 Å². The first kappa shape index (κ1) is 12.4. The maximum atomic E-state index is 13.2. The number of carboxylic acids is 1. The third-order valence-electron chi connectivity index (χ3n) is 2.32. The van der Waals surface area contributed by atoms with Crippen molar-refractivity contribution in [1.29, 1.82) is 0 Å². The summed E-state index contributed by atoms with van der Waals surface area (Å²) in [6.45, 7) is 0.225. The van der Waals surface area contributed by atoms with Crippen LogP contribution in [-0.4, -0.2) is 11.1 Å². The van der Waals surface area contributed by atoms with E-state index in [2.05, 4.69) is 0 Å². The van der Waals surface area contributed by atoms with Crippen LogP contribution >= 0.6 is 11.3 Å². The van der Waals surface area contributed by atoms with Crippen molar-refractivity contribution in [2.75, 3.05) is 5.73 Å². The molecular weight excluding hydrogens is 257 g/mol. The number of benzene rings is 1. The zero-order valence-electron chi connectivity index (χ0n) is 9.22. The monoisotopic (exact) mass is 267 g/mol. The van der Waals surface area contributed by atoms with Crippen molar-refractivity contribution in [2.24, 2.45) is 0 Å². The van der Waals surface area contributed by atoms with E-state index in [1.54, 1.807) is 0 Å². The quantitative estimate of drug-likeness (QED) is 0.835. The van der Waals surface area contributed by atoms with E-state index in [-0.39, 0.29) is 17.9 Å². The minimum atomic E-state index is -1.31. The van der Waals surface area contributed by atoms with Gasteiger partial charge in [0.15, 0.2) is 0 Å². The highest BCUT2D eigenvalue weighted by atomic mass is 32.1. The van der Waals surface area contributed by atoms with Gasteiger partial charge in [-0.1, -0.05) is 6.07 Å². The number of aromatic carboxylic acids is 1. The molecule has 0 aliphatic rings. The second-order valence-corrected chi connectivity index (χ2v) is 4.54. The molecule has 6 heteroatoms. The van der Waals surface area contributed by atoms with Crippen molar-refractivity contribution in [3.63, 3.8) is 0 Å². The Balaban J connectivity index is 2.27. The maximum Gasteiger partial charge on any atom is 0.341 e. The first-order valence-corrected chi connectivity index (χ1v) is 5.94. The van der Waals surface area contributed by atoms with Gasteiger partial charge in [-0.15, -0.1) is 11.3 Å². The van der Waals surface area contributed by atoms with E-state index in [4.69, 9.17) is 15.6 Å². The van der Waals surface area contributed by atoms with Gasteiger partial charge in [-0.2, -0.15) is 0 Å². The maximum absolute atomic E-state index is 13.2. The zero-order chi connectivity index (χ0) is 13.1. The van der Waals surface area contributed by atoms with Crippen LogP contribution in [0.3, 0.4) is 0 Å². The highest BCUT2D eigenvalue weighted by molar-refractivity contribution is 7.09. The Hall–Kier alpha value is -2.08. The fourth-order valence-corrected chi connectivity index (χ4v) is 2.07. The molecule has 2 aromatic rings. The number of hydrogen-bond donors (Lipinski definition) is 2. The smallest absolute Gasteiger partial charge is 0.341 e. The number of carbonyl (C=O) groups is 1. The molecule has 3 N–H and O–H groups in total. The molecule has 0 aliphatic carbocycles. The van der Waals surface area contributed by atoms with Gasteiger partial charge < -0.3 is 15.6 Å². The second-order valence-electron chi connectivity index (χ2n) is 3.51. The van der Waals surface area contributed by atoms with Crippen LogP contribution in [-0.2, 0) is 6.61 Å². The molecular formula is C12H10FNO3S. The molecule has 0 bridgehead atoms. The molecule has 0 saturated carbocycles. The van der Waals surface area contributed by atoms with Gasteiger partial charge in [-0.05, 0) is 23.6 Å². The van der Waals surface area contributed by atoms with Crippen molar-refractivity contribution in [1.82, 2.24) is 0 Å². The number of halogens is 1. The Morgan fingerprint density at radius 2 is 2.22 bits per heavy atom. The summed E-state index contributed by atoms with van der Waals surface area (Å²) >= 11 is 1.49. The van der Waals surface area contributed by atoms with Crippen LogP contribution in [0.1, 0.15) is 15.2 Å². The second kappa shape index (κ2) is 5.05. The number of carboxylic acid groups (broad SMARTS) is 1. The molecule has 1 aromatic heterocycles. The molecule has 0 aliphatic heterocycles. The zero-order valence-corrected chi connectivity index (χ0v) is 10.0. The largest absolute Gasteiger partial charge is 0.487 e. The van der Waals surface area contributed by atoms with Crippen molar-refractivity contribution < 1.29 is 19.0 Å². The molecule has 0 saturated heterocycles. The Kier molecular flexibility index (Phi) is 3.47. The number of ether oxygens (including phenoxy) is 1. The number of anilines is 1. The lowest BCUT2D eigenvalue weighted by Crippen LogP contribution is -2.08. The van der Waals surface area contributed by atoms with E-state index in [1.807, 2.05) is 17.5 Å². The Labute approximate surface area is 106 Å². The summed E-state index contributed by atoms with van der Waals surface area (Å²) in [6, 6.07) is 6.08. The number of nitrogens with two attached hydrogens (primary N) is 1. The molecule has 1 heterocycles. The molecule has 4 nitrogen and oxygen atoms in total. The third kappa shape index (κ3) is 2.43. The minimum Gasteiger partial charge on any atom is -0.487 e. The van der Waals surface area contributed by atoms with Crippen molar-refractivity contribution in [3.05, 3.63) is 45.9 Å². The Bertz CT molecular complexity index is 569. The summed E-state index contributed by atoms with van der Waals surface area (Å²) in [4.78, 5) is 12.0. The molecule has 0 atom stereocenters. The van der Waals surface area contributed by atoms with E-state index in [0.717, 1.165) is 10.9 Å². The third-order valence-corrected chi connectivity index (χ3v) is 3.17. The van der Waals surface area contributed by atoms with Crippen molar-refractivity contribution in [3.8, 4) is 5.75 Å². The normalized spacial score (nSPS) is 10.3. The van der Waals surface area contributed by atoms with Crippen LogP contribution < -0.4 is 10.5 Å². The molecule has 0 unspecified atom stereocenters. The average Bonchev–Trinajstić information content (AvgIpc) is 2.83. The number of nitrogen functional groups attached to an aromatic ring is 1. The molecule has 2 rings (SSSR count). The van der Waals surface area contributed by atoms with Gasteiger partial charge >= 0.3 is 5.97 Å².